The van der Waals surface area contributed by atoms with Crippen molar-refractivity contribution in [3.63, 3.8) is 0 Å². The van der Waals surface area contributed by atoms with Crippen molar-refractivity contribution in [1.82, 2.24) is 4.90 Å². The van der Waals surface area contributed by atoms with Gasteiger partial charge in [0.1, 0.15) is 0 Å². The molecule has 0 aromatic rings. The minimum atomic E-state index is -2.69. The number of ketones is 1. The summed E-state index contributed by atoms with van der Waals surface area (Å²) in [5.41, 5.74) is 0. The van der Waals surface area contributed by atoms with Crippen LogP contribution in [0.25, 0.3) is 0 Å². The van der Waals surface area contributed by atoms with Crippen molar-refractivity contribution in [2.75, 3.05) is 6.54 Å². The van der Waals surface area contributed by atoms with Gasteiger partial charge in [0.05, 0.1) is 6.04 Å². The Bertz CT molecular complexity index is 329. The molecular formula is C10H13F2NO2. The minimum Gasteiger partial charge on any atom is -0.332 e. The van der Waals surface area contributed by atoms with Gasteiger partial charge >= 0.3 is 0 Å². The molecule has 2 fully saturated rings. The Labute approximate surface area is 86.4 Å². The fourth-order valence-electron chi connectivity index (χ4n) is 2.76. The average molecular weight is 217 g/mol. The molecular weight excluding hydrogens is 204 g/mol. The molecule has 1 amide bonds. The van der Waals surface area contributed by atoms with Crippen LogP contribution < -0.4 is 0 Å². The number of amides is 1. The Balaban J connectivity index is 2.23. The van der Waals surface area contributed by atoms with Crippen LogP contribution in [-0.4, -0.2) is 35.1 Å². The number of alkyl halides is 2. The number of Topliss-reactive ketones (excluding diaryl/α,β-unsaturated/α-hetero) is 1. The predicted molar refractivity (Wildman–Crippen MR) is 48.4 cm³/mol. The summed E-state index contributed by atoms with van der Waals surface area (Å²) in [4.78, 5) is 23.8. The first kappa shape index (κ1) is 10.5. The van der Waals surface area contributed by atoms with E-state index in [9.17, 15) is 18.4 Å². The number of nitrogens with zero attached hydrogens (tertiary/aromatic N) is 1. The maximum absolute atomic E-state index is 13.1. The first-order chi connectivity index (χ1) is 6.84. The third-order valence-corrected chi connectivity index (χ3v) is 3.52. The molecule has 2 aliphatic rings. The number of likely N-dealkylation sites (tertiary alicyclic amines) is 1. The van der Waals surface area contributed by atoms with Crippen molar-refractivity contribution in [2.45, 2.75) is 32.2 Å². The number of carbonyl (C=O) groups is 2. The Morgan fingerprint density at radius 2 is 1.93 bits per heavy atom. The average Bonchev–Trinajstić information content (AvgIpc) is 2.39. The lowest BCUT2D eigenvalue weighted by molar-refractivity contribution is -0.161. The van der Waals surface area contributed by atoms with Gasteiger partial charge in [-0.2, -0.15) is 0 Å². The lowest BCUT2D eigenvalue weighted by Crippen LogP contribution is -2.50. The molecule has 3 nitrogen and oxygen atoms in total. The monoisotopic (exact) mass is 217 g/mol. The van der Waals surface area contributed by atoms with E-state index < -0.39 is 17.9 Å². The van der Waals surface area contributed by atoms with E-state index in [2.05, 4.69) is 0 Å². The second-order valence-corrected chi connectivity index (χ2v) is 4.46. The van der Waals surface area contributed by atoms with E-state index in [0.29, 0.717) is 0 Å². The first-order valence-electron chi connectivity index (χ1n) is 5.00. The quantitative estimate of drug-likeness (QED) is 0.659. The second kappa shape index (κ2) is 3.00. The van der Waals surface area contributed by atoms with Crippen LogP contribution >= 0.6 is 0 Å². The van der Waals surface area contributed by atoms with Gasteiger partial charge in [-0.15, -0.1) is 0 Å². The van der Waals surface area contributed by atoms with E-state index in [1.165, 1.54) is 18.7 Å². The fourth-order valence-corrected chi connectivity index (χ4v) is 2.76. The molecule has 0 unspecified atom stereocenters. The Hall–Kier alpha value is -1.00. The van der Waals surface area contributed by atoms with Crippen LogP contribution in [0.1, 0.15) is 20.3 Å². The van der Waals surface area contributed by atoms with E-state index >= 15 is 0 Å². The maximum atomic E-state index is 13.1. The zero-order valence-corrected chi connectivity index (χ0v) is 8.67. The zero-order chi connectivity index (χ0) is 11.4. The number of hydrogen-bond acceptors (Lipinski definition) is 2. The van der Waals surface area contributed by atoms with Gasteiger partial charge in [-0.3, -0.25) is 9.59 Å². The molecule has 1 aliphatic carbocycles. The van der Waals surface area contributed by atoms with Crippen molar-refractivity contribution < 1.29 is 18.4 Å². The van der Waals surface area contributed by atoms with E-state index in [-0.39, 0.29) is 30.6 Å². The normalized spacial score (nSPS) is 37.1. The minimum absolute atomic E-state index is 0.0250. The van der Waals surface area contributed by atoms with Gasteiger partial charge in [-0.05, 0) is 6.92 Å². The predicted octanol–water partition coefficient (Wildman–Crippen LogP) is 1.08. The molecule has 1 heterocycles. The van der Waals surface area contributed by atoms with Crippen molar-refractivity contribution in [1.29, 1.82) is 0 Å². The van der Waals surface area contributed by atoms with Crippen LogP contribution in [0.3, 0.4) is 0 Å². The number of hydrogen-bond donors (Lipinski definition) is 0. The van der Waals surface area contributed by atoms with Gasteiger partial charge < -0.3 is 4.90 Å². The number of halogens is 2. The summed E-state index contributed by atoms with van der Waals surface area (Å²) in [6.45, 7) is 2.70. The molecule has 2 rings (SSSR count). The third kappa shape index (κ3) is 1.36. The summed E-state index contributed by atoms with van der Waals surface area (Å²) in [7, 11) is 0. The zero-order valence-electron chi connectivity index (χ0n) is 8.67. The maximum Gasteiger partial charge on any atom is 0.253 e. The van der Waals surface area contributed by atoms with E-state index in [1.807, 2.05) is 0 Å². The van der Waals surface area contributed by atoms with Gasteiger partial charge in [0.25, 0.3) is 5.92 Å². The SMILES string of the molecule is CC(=O)[C@@H]1[C@H]2CC(F)(F)[C@H]2CN1C(C)=O. The molecule has 0 aromatic carbocycles. The highest BCUT2D eigenvalue weighted by Gasteiger charge is 2.64. The van der Waals surface area contributed by atoms with Crippen LogP contribution in [0.15, 0.2) is 0 Å². The van der Waals surface area contributed by atoms with Crippen LogP contribution in [0.5, 0.6) is 0 Å². The summed E-state index contributed by atoms with van der Waals surface area (Å²) in [5.74, 6) is -4.31. The summed E-state index contributed by atoms with van der Waals surface area (Å²) in [5, 5.41) is 0. The summed E-state index contributed by atoms with van der Waals surface area (Å²) in [6, 6.07) is -0.618. The van der Waals surface area contributed by atoms with E-state index in [0.717, 1.165) is 0 Å². The molecule has 3 atom stereocenters. The molecule has 0 N–H and O–H groups in total. The number of fused-ring (bicyclic) bond motifs is 1. The first-order valence-corrected chi connectivity index (χ1v) is 5.00. The van der Waals surface area contributed by atoms with Crippen LogP contribution in [0.2, 0.25) is 0 Å². The molecule has 0 aromatic heterocycles. The largest absolute Gasteiger partial charge is 0.332 e. The van der Waals surface area contributed by atoms with Crippen molar-refractivity contribution in [3.05, 3.63) is 0 Å². The number of rotatable bonds is 1. The molecule has 0 bridgehead atoms. The number of carbonyl (C=O) groups excluding carboxylic acids is 2. The molecule has 15 heavy (non-hydrogen) atoms. The van der Waals surface area contributed by atoms with Gasteiger partial charge in [0.15, 0.2) is 5.78 Å². The lowest BCUT2D eigenvalue weighted by atomic mass is 9.69. The Morgan fingerprint density at radius 1 is 1.33 bits per heavy atom. The Kier molecular flexibility index (Phi) is 2.10. The molecule has 1 saturated carbocycles. The van der Waals surface area contributed by atoms with Gasteiger partial charge in [-0.25, -0.2) is 8.78 Å². The molecule has 5 heteroatoms. The van der Waals surface area contributed by atoms with Crippen molar-refractivity contribution in [3.8, 4) is 0 Å². The van der Waals surface area contributed by atoms with E-state index in [1.54, 1.807) is 0 Å². The lowest BCUT2D eigenvalue weighted by Gasteiger charge is -2.40. The summed E-state index contributed by atoms with van der Waals surface area (Å²) >= 11 is 0. The van der Waals surface area contributed by atoms with Crippen LogP contribution in [0.4, 0.5) is 8.78 Å². The fraction of sp³-hybridized carbons (Fsp3) is 0.800. The third-order valence-electron chi connectivity index (χ3n) is 3.52. The summed E-state index contributed by atoms with van der Waals surface area (Å²) in [6.07, 6.45) is -0.258. The highest BCUT2D eigenvalue weighted by molar-refractivity contribution is 5.88. The second-order valence-electron chi connectivity index (χ2n) is 4.46. The van der Waals surface area contributed by atoms with E-state index in [4.69, 9.17) is 0 Å². The van der Waals surface area contributed by atoms with Gasteiger partial charge in [0.2, 0.25) is 5.91 Å². The molecule has 0 spiro atoms. The topological polar surface area (TPSA) is 37.4 Å². The molecule has 0 radical (unpaired) electrons. The van der Waals surface area contributed by atoms with Crippen LogP contribution in [0, 0.1) is 11.8 Å². The van der Waals surface area contributed by atoms with Crippen LogP contribution in [-0.2, 0) is 9.59 Å². The molecule has 1 saturated heterocycles. The molecule has 1 aliphatic heterocycles. The van der Waals surface area contributed by atoms with Gasteiger partial charge in [-0.1, -0.05) is 0 Å². The highest BCUT2D eigenvalue weighted by atomic mass is 19.3. The molecule has 84 valence electrons. The smallest absolute Gasteiger partial charge is 0.253 e. The highest BCUT2D eigenvalue weighted by Crippen LogP contribution is 2.54. The van der Waals surface area contributed by atoms with Crippen molar-refractivity contribution >= 4 is 11.7 Å². The Morgan fingerprint density at radius 3 is 2.33 bits per heavy atom. The standard InChI is InChI=1S/C10H13F2NO2/c1-5(14)9-7-3-10(11,12)8(7)4-13(9)6(2)15/h7-9H,3-4H2,1-2H3/t7-,8-,9+/m0/s1. The summed E-state index contributed by atoms with van der Waals surface area (Å²) < 4.78 is 26.2. The van der Waals surface area contributed by atoms with Gasteiger partial charge in [0, 0.05) is 31.7 Å². The van der Waals surface area contributed by atoms with Crippen molar-refractivity contribution in [2.24, 2.45) is 11.8 Å².